The van der Waals surface area contributed by atoms with Gasteiger partial charge in [-0.25, -0.2) is 15.6 Å². The summed E-state index contributed by atoms with van der Waals surface area (Å²) in [5.41, 5.74) is 7.77. The number of hydrazine groups is 1. The first kappa shape index (κ1) is 22.8. The molecule has 5 N–H and O–H groups in total. The van der Waals surface area contributed by atoms with Crippen molar-refractivity contribution in [3.63, 3.8) is 0 Å². The molecule has 0 aromatic carbocycles. The van der Waals surface area contributed by atoms with Gasteiger partial charge in [0.1, 0.15) is 11.4 Å². The van der Waals surface area contributed by atoms with Gasteiger partial charge in [0.15, 0.2) is 5.82 Å². The second-order valence-electron chi connectivity index (χ2n) is 7.50. The molecule has 0 bridgehead atoms. The number of nitrogens with one attached hydrogen (secondary N) is 1. The topological polar surface area (TPSA) is 116 Å². The minimum absolute atomic E-state index is 0.235. The summed E-state index contributed by atoms with van der Waals surface area (Å²) >= 11 is 0. The van der Waals surface area contributed by atoms with Gasteiger partial charge >= 0.3 is 6.09 Å². The van der Waals surface area contributed by atoms with E-state index >= 15 is 0 Å². The van der Waals surface area contributed by atoms with Crippen molar-refractivity contribution < 1.29 is 14.3 Å². The summed E-state index contributed by atoms with van der Waals surface area (Å²) in [6.07, 6.45) is 8.39. The standard InChI is InChI=1S/C21H35N5O3/c1-4-5-9-14-28-21(27)25-20(26(3)23)19(22)17-12-13-18(15(2)24-17)29-16-10-7-6-8-11-16/h12-13,16H,4-11,14,22-23H2,1-3H3,(H,25,27)/b20-19-. The largest absolute Gasteiger partial charge is 0.489 e. The molecule has 2 rings (SSSR count). The lowest BCUT2D eigenvalue weighted by atomic mass is 9.98. The molecule has 1 aromatic heterocycles. The molecular weight excluding hydrogens is 370 g/mol. The number of nitrogens with zero attached hydrogens (tertiary/aromatic N) is 2. The van der Waals surface area contributed by atoms with Crippen molar-refractivity contribution in [3.05, 3.63) is 29.3 Å². The number of carbonyl (C=O) groups excluding carboxylic acids is 1. The highest BCUT2D eigenvalue weighted by atomic mass is 16.5. The summed E-state index contributed by atoms with van der Waals surface area (Å²) in [6.45, 7) is 4.33. The summed E-state index contributed by atoms with van der Waals surface area (Å²) in [5, 5.41) is 3.86. The average Bonchev–Trinajstić information content (AvgIpc) is 2.71. The zero-order valence-electron chi connectivity index (χ0n) is 17.9. The molecule has 8 nitrogen and oxygen atoms in total. The van der Waals surface area contributed by atoms with Crippen LogP contribution < -0.4 is 21.6 Å². The Balaban J connectivity index is 2.08. The molecule has 1 aliphatic rings. The quantitative estimate of drug-likeness (QED) is 0.327. The van der Waals surface area contributed by atoms with Gasteiger partial charge in [0, 0.05) is 7.05 Å². The Morgan fingerprint density at radius 2 is 2.00 bits per heavy atom. The number of hydrogen-bond donors (Lipinski definition) is 3. The first-order valence-electron chi connectivity index (χ1n) is 10.5. The number of aromatic nitrogens is 1. The van der Waals surface area contributed by atoms with Crippen molar-refractivity contribution in [2.45, 2.75) is 71.3 Å². The monoisotopic (exact) mass is 405 g/mol. The molecule has 29 heavy (non-hydrogen) atoms. The van der Waals surface area contributed by atoms with Crippen LogP contribution in [0, 0.1) is 6.92 Å². The van der Waals surface area contributed by atoms with Gasteiger partial charge in [-0.1, -0.05) is 26.2 Å². The Morgan fingerprint density at radius 3 is 2.62 bits per heavy atom. The molecule has 0 atom stereocenters. The maximum Gasteiger partial charge on any atom is 0.412 e. The number of ether oxygens (including phenoxy) is 2. The molecule has 1 amide bonds. The van der Waals surface area contributed by atoms with Gasteiger partial charge in [-0.3, -0.25) is 10.3 Å². The van der Waals surface area contributed by atoms with Crippen LogP contribution in [-0.4, -0.2) is 35.8 Å². The fourth-order valence-electron chi connectivity index (χ4n) is 3.30. The first-order chi connectivity index (χ1) is 13.9. The highest BCUT2D eigenvalue weighted by Crippen LogP contribution is 2.26. The second-order valence-corrected chi connectivity index (χ2v) is 7.50. The van der Waals surface area contributed by atoms with Crippen molar-refractivity contribution in [2.75, 3.05) is 13.7 Å². The van der Waals surface area contributed by atoms with Crippen molar-refractivity contribution >= 4 is 11.8 Å². The molecule has 1 aromatic rings. The van der Waals surface area contributed by atoms with Crippen LogP contribution in [0.25, 0.3) is 5.70 Å². The van der Waals surface area contributed by atoms with E-state index in [1.54, 1.807) is 13.1 Å². The number of aryl methyl sites for hydroxylation is 1. The van der Waals surface area contributed by atoms with Crippen molar-refractivity contribution in [3.8, 4) is 5.75 Å². The highest BCUT2D eigenvalue weighted by molar-refractivity contribution is 5.74. The van der Waals surface area contributed by atoms with Gasteiger partial charge in [-0.05, 0) is 51.2 Å². The molecule has 8 heteroatoms. The first-order valence-corrected chi connectivity index (χ1v) is 10.5. The predicted octanol–water partition coefficient (Wildman–Crippen LogP) is 3.41. The number of rotatable bonds is 9. The molecule has 0 aliphatic heterocycles. The number of carbonyl (C=O) groups is 1. The zero-order chi connectivity index (χ0) is 21.2. The van der Waals surface area contributed by atoms with Gasteiger partial charge in [0.25, 0.3) is 0 Å². The number of nitrogens with two attached hydrogens (primary N) is 2. The van der Waals surface area contributed by atoms with Crippen molar-refractivity contribution in [1.29, 1.82) is 0 Å². The molecule has 1 saturated carbocycles. The van der Waals surface area contributed by atoms with E-state index in [0.717, 1.165) is 43.5 Å². The highest BCUT2D eigenvalue weighted by Gasteiger charge is 2.18. The third kappa shape index (κ3) is 7.12. The van der Waals surface area contributed by atoms with E-state index in [1.807, 2.05) is 13.0 Å². The summed E-state index contributed by atoms with van der Waals surface area (Å²) in [5.74, 6) is 6.86. The predicted molar refractivity (Wildman–Crippen MR) is 114 cm³/mol. The molecule has 0 unspecified atom stereocenters. The lowest BCUT2D eigenvalue weighted by Gasteiger charge is -2.24. The van der Waals surface area contributed by atoms with E-state index in [4.69, 9.17) is 21.1 Å². The summed E-state index contributed by atoms with van der Waals surface area (Å²) < 4.78 is 11.3. The maximum atomic E-state index is 12.1. The molecule has 0 spiro atoms. The number of amides is 1. The van der Waals surface area contributed by atoms with Crippen LogP contribution in [0.15, 0.2) is 18.0 Å². The Hall–Kier alpha value is -2.48. The fourth-order valence-corrected chi connectivity index (χ4v) is 3.30. The minimum Gasteiger partial charge on any atom is -0.489 e. The van der Waals surface area contributed by atoms with Crippen LogP contribution >= 0.6 is 0 Å². The summed E-state index contributed by atoms with van der Waals surface area (Å²) in [4.78, 5) is 16.6. The van der Waals surface area contributed by atoms with Crippen LogP contribution in [0.1, 0.15) is 69.7 Å². The van der Waals surface area contributed by atoms with E-state index in [-0.39, 0.29) is 17.6 Å². The van der Waals surface area contributed by atoms with Crippen LogP contribution in [0.4, 0.5) is 4.79 Å². The summed E-state index contributed by atoms with van der Waals surface area (Å²) in [6, 6.07) is 3.65. The van der Waals surface area contributed by atoms with Crippen LogP contribution in [0.5, 0.6) is 5.75 Å². The van der Waals surface area contributed by atoms with E-state index < -0.39 is 6.09 Å². The Morgan fingerprint density at radius 1 is 1.28 bits per heavy atom. The molecule has 162 valence electrons. The number of pyridine rings is 1. The zero-order valence-corrected chi connectivity index (χ0v) is 17.9. The van der Waals surface area contributed by atoms with Gasteiger partial charge in [-0.15, -0.1) is 0 Å². The van der Waals surface area contributed by atoms with Gasteiger partial charge in [-0.2, -0.15) is 0 Å². The van der Waals surface area contributed by atoms with E-state index in [9.17, 15) is 4.79 Å². The number of hydrogen-bond acceptors (Lipinski definition) is 7. The van der Waals surface area contributed by atoms with Crippen molar-refractivity contribution in [2.24, 2.45) is 11.6 Å². The normalized spacial score (nSPS) is 15.4. The minimum atomic E-state index is -0.592. The molecule has 1 fully saturated rings. The van der Waals surface area contributed by atoms with Gasteiger partial charge in [0.2, 0.25) is 0 Å². The van der Waals surface area contributed by atoms with Crippen LogP contribution in [0.2, 0.25) is 0 Å². The maximum absolute atomic E-state index is 12.1. The Bertz CT molecular complexity index is 700. The Labute approximate surface area is 173 Å². The molecule has 0 radical (unpaired) electrons. The lowest BCUT2D eigenvalue weighted by Crippen LogP contribution is -2.39. The van der Waals surface area contributed by atoms with Crippen LogP contribution in [-0.2, 0) is 4.74 Å². The summed E-state index contributed by atoms with van der Waals surface area (Å²) in [7, 11) is 1.59. The molecule has 1 heterocycles. The Kier molecular flexibility index (Phi) is 9.05. The van der Waals surface area contributed by atoms with Crippen LogP contribution in [0.3, 0.4) is 0 Å². The SMILES string of the molecule is CCCCCOC(=O)N/C(=C(/N)c1ccc(OC2CCCCC2)c(C)n1)N(C)N. The second kappa shape index (κ2) is 11.5. The third-order valence-electron chi connectivity index (χ3n) is 4.97. The molecule has 1 aliphatic carbocycles. The molecular formula is C21H35N5O3. The number of unbranched alkanes of at least 4 members (excludes halogenated alkanes) is 2. The fraction of sp³-hybridized carbons (Fsp3) is 0.619. The van der Waals surface area contributed by atoms with E-state index in [1.165, 1.54) is 24.3 Å². The molecule has 0 saturated heterocycles. The third-order valence-corrected chi connectivity index (χ3v) is 4.97. The van der Waals surface area contributed by atoms with E-state index in [0.29, 0.717) is 12.3 Å². The number of alkyl carbamates (subject to hydrolysis) is 1. The smallest absolute Gasteiger partial charge is 0.412 e. The van der Waals surface area contributed by atoms with Crippen molar-refractivity contribution in [1.82, 2.24) is 15.3 Å². The lowest BCUT2D eigenvalue weighted by molar-refractivity contribution is 0.143. The van der Waals surface area contributed by atoms with Gasteiger partial charge in [0.05, 0.1) is 24.1 Å². The van der Waals surface area contributed by atoms with Gasteiger partial charge < -0.3 is 15.2 Å². The average molecular weight is 406 g/mol. The van der Waals surface area contributed by atoms with E-state index in [2.05, 4.69) is 17.2 Å².